The molecule has 2 unspecified atom stereocenters. The molecule has 7 nitrogen and oxygen atoms in total. The van der Waals surface area contributed by atoms with Gasteiger partial charge in [0.1, 0.15) is 5.83 Å². The van der Waals surface area contributed by atoms with E-state index in [1.807, 2.05) is 62.7 Å². The van der Waals surface area contributed by atoms with E-state index in [0.717, 1.165) is 30.7 Å². The van der Waals surface area contributed by atoms with Crippen LogP contribution in [-0.2, 0) is 4.74 Å². The van der Waals surface area contributed by atoms with Crippen LogP contribution in [0.2, 0.25) is 0 Å². The number of aromatic nitrogens is 1. The largest absolute Gasteiger partial charge is 0.382 e. The monoisotopic (exact) mass is 642 g/mol. The number of fused-ring (bicyclic) bond motifs is 1. The molecule has 0 bridgehead atoms. The van der Waals surface area contributed by atoms with Crippen LogP contribution < -0.4 is 15.8 Å². The highest BCUT2D eigenvalue weighted by molar-refractivity contribution is 8.02. The number of rotatable bonds is 15. The van der Waals surface area contributed by atoms with Crippen molar-refractivity contribution in [3.05, 3.63) is 80.9 Å². The van der Waals surface area contributed by atoms with Crippen LogP contribution in [0.4, 0.5) is 8.78 Å². The molecule has 44 heavy (non-hydrogen) atoms. The highest BCUT2D eigenvalue weighted by Crippen LogP contribution is 2.26. The molecule has 1 aliphatic heterocycles. The average Bonchev–Trinajstić information content (AvgIpc) is 3.04. The van der Waals surface area contributed by atoms with Crippen molar-refractivity contribution in [1.29, 1.82) is 0 Å². The highest BCUT2D eigenvalue weighted by atomic mass is 32.2. The van der Waals surface area contributed by atoms with Gasteiger partial charge in [-0.2, -0.15) is 0 Å². The van der Waals surface area contributed by atoms with Gasteiger partial charge in [-0.15, -0.1) is 11.8 Å². The molecule has 2 rings (SSSR count). The summed E-state index contributed by atoms with van der Waals surface area (Å²) < 4.78 is 29.5. The van der Waals surface area contributed by atoms with Crippen molar-refractivity contribution >= 4 is 11.8 Å². The van der Waals surface area contributed by atoms with E-state index < -0.39 is 6.23 Å². The van der Waals surface area contributed by atoms with Crippen molar-refractivity contribution in [2.24, 2.45) is 5.92 Å². The van der Waals surface area contributed by atoms with Gasteiger partial charge in [-0.25, -0.2) is 4.39 Å². The van der Waals surface area contributed by atoms with Crippen molar-refractivity contribution in [3.8, 4) is 0 Å². The van der Waals surface area contributed by atoms with E-state index in [0.29, 0.717) is 62.9 Å². The van der Waals surface area contributed by atoms with Gasteiger partial charge < -0.3 is 15.2 Å². The lowest BCUT2D eigenvalue weighted by atomic mass is 10.1. The number of ether oxygens (including phenoxy) is 1. The Balaban J connectivity index is 0. The zero-order chi connectivity index (χ0) is 34.1. The summed E-state index contributed by atoms with van der Waals surface area (Å²) in [5.74, 6) is 1.29. The molecule has 1 aromatic heterocycles. The number of hydrogen-bond acceptors (Lipinski definition) is 7. The van der Waals surface area contributed by atoms with E-state index in [1.165, 1.54) is 12.2 Å². The minimum Gasteiger partial charge on any atom is -0.382 e. The number of nitrogens with one attached hydrogen (secondary N) is 1. The molecule has 0 aromatic carbocycles. The van der Waals surface area contributed by atoms with Crippen molar-refractivity contribution < 1.29 is 18.6 Å². The van der Waals surface area contributed by atoms with E-state index in [4.69, 9.17) is 4.74 Å². The molecule has 1 aliphatic rings. The second-order valence-corrected chi connectivity index (χ2v) is 10.9. The van der Waals surface area contributed by atoms with Crippen LogP contribution in [0.1, 0.15) is 77.4 Å². The Kier molecular flexibility index (Phi) is 27.0. The standard InChI is InChI=1S/C21H33N3O3S.C10H18FN.C2H6.CH3F/c1-6-27-11-8-10-22-15-23(13-16(3)9-12-28-7-2)24-14-17(4)20(25)18(5)19(24)21(22)26;1-4-9(8-12-3)6-7-10(11)5-2;2*1-2/h9,12,14,21,26H,3,6-8,10-11,13,15H2,1-2,4-5H3;5-7,9,12H,4,8H2,1-3H3;1-2H3;1H3/b12-9-;7-6-,10-5+;;. The molecule has 0 aliphatic carbocycles. The second-order valence-electron chi connectivity index (χ2n) is 9.71. The number of aliphatic hydroxyl groups excluding tert-OH is 1. The summed E-state index contributed by atoms with van der Waals surface area (Å²) in [6.07, 6.45) is 9.80. The number of thioether (sulfide) groups is 1. The molecular weight excluding hydrogens is 582 g/mol. The third-order valence-electron chi connectivity index (χ3n) is 6.57. The van der Waals surface area contributed by atoms with Gasteiger partial charge in [0.15, 0.2) is 11.7 Å². The van der Waals surface area contributed by atoms with Gasteiger partial charge in [-0.1, -0.05) is 52.5 Å². The van der Waals surface area contributed by atoms with E-state index in [9.17, 15) is 18.7 Å². The summed E-state index contributed by atoms with van der Waals surface area (Å²) in [6, 6.07) is 0. The molecular formula is C34H60F2N4O3S. The van der Waals surface area contributed by atoms with Gasteiger partial charge in [-0.05, 0) is 76.3 Å². The van der Waals surface area contributed by atoms with Gasteiger partial charge in [0, 0.05) is 43.6 Å². The molecule has 0 amide bonds. The van der Waals surface area contributed by atoms with Crippen molar-refractivity contribution in [2.45, 2.75) is 74.5 Å². The van der Waals surface area contributed by atoms with Gasteiger partial charge in [0.2, 0.25) is 0 Å². The molecule has 10 heteroatoms. The lowest BCUT2D eigenvalue weighted by molar-refractivity contribution is -0.0287. The molecule has 0 fully saturated rings. The molecule has 0 saturated heterocycles. The van der Waals surface area contributed by atoms with Crippen LogP contribution in [0.25, 0.3) is 0 Å². The normalized spacial score (nSPS) is 15.5. The predicted molar refractivity (Wildman–Crippen MR) is 187 cm³/mol. The Morgan fingerprint density at radius 2 is 1.91 bits per heavy atom. The third kappa shape index (κ3) is 16.2. The average molecular weight is 643 g/mol. The molecule has 0 radical (unpaired) electrons. The molecule has 0 saturated carbocycles. The number of aliphatic hydroxyl groups is 1. The molecule has 2 heterocycles. The summed E-state index contributed by atoms with van der Waals surface area (Å²) >= 11 is 1.74. The maximum atomic E-state index is 12.6. The smallest absolute Gasteiger partial charge is 0.187 e. The zero-order valence-electron chi connectivity index (χ0n) is 29.0. The molecule has 2 N–H and O–H groups in total. The third-order valence-corrected chi connectivity index (χ3v) is 7.23. The van der Waals surface area contributed by atoms with Gasteiger partial charge >= 0.3 is 0 Å². The first-order chi connectivity index (χ1) is 21.1. The van der Waals surface area contributed by atoms with Crippen LogP contribution in [-0.4, -0.2) is 74.2 Å². The van der Waals surface area contributed by atoms with Gasteiger partial charge in [0.05, 0.1) is 26.1 Å². The lowest BCUT2D eigenvalue weighted by Gasteiger charge is -2.43. The number of pyridine rings is 1. The minimum absolute atomic E-state index is 0.0144. The summed E-state index contributed by atoms with van der Waals surface area (Å²) in [6.45, 7) is 23.8. The molecule has 254 valence electrons. The molecule has 0 spiro atoms. The maximum absolute atomic E-state index is 12.6. The Morgan fingerprint density at radius 3 is 2.45 bits per heavy atom. The fraction of sp³-hybridized carbons (Fsp3) is 0.618. The van der Waals surface area contributed by atoms with Crippen molar-refractivity contribution in [2.75, 3.05) is 64.5 Å². The highest BCUT2D eigenvalue weighted by Gasteiger charge is 2.31. The number of aryl methyl sites for hydroxylation is 1. The van der Waals surface area contributed by atoms with Crippen molar-refractivity contribution in [3.63, 3.8) is 0 Å². The Hall–Kier alpha value is -2.24. The van der Waals surface area contributed by atoms with Gasteiger partial charge in [0.25, 0.3) is 0 Å². The Bertz CT molecular complexity index is 1060. The maximum Gasteiger partial charge on any atom is 0.187 e. The number of allylic oxidation sites excluding steroid dienone is 3. The predicted octanol–water partition coefficient (Wildman–Crippen LogP) is 7.19. The van der Waals surface area contributed by atoms with Crippen LogP contribution in [0.3, 0.4) is 0 Å². The summed E-state index contributed by atoms with van der Waals surface area (Å²) in [7, 11) is 2.41. The van der Waals surface area contributed by atoms with Crippen LogP contribution >= 0.6 is 11.8 Å². The molecule has 2 atom stereocenters. The van der Waals surface area contributed by atoms with Crippen LogP contribution in [0.5, 0.6) is 0 Å². The van der Waals surface area contributed by atoms with E-state index >= 15 is 0 Å². The Labute approximate surface area is 270 Å². The van der Waals surface area contributed by atoms with Crippen LogP contribution in [0.15, 0.2) is 58.7 Å². The fourth-order valence-electron chi connectivity index (χ4n) is 4.27. The summed E-state index contributed by atoms with van der Waals surface area (Å²) in [5, 5.41) is 18.2. The minimum atomic E-state index is -0.814. The summed E-state index contributed by atoms with van der Waals surface area (Å²) in [5.41, 5.74) is 2.87. The van der Waals surface area contributed by atoms with E-state index in [2.05, 4.69) is 36.2 Å². The van der Waals surface area contributed by atoms with Crippen LogP contribution in [0, 0.1) is 19.8 Å². The first kappa shape index (κ1) is 43.9. The second kappa shape index (κ2) is 27.1. The number of halogens is 2. The van der Waals surface area contributed by atoms with E-state index in [-0.39, 0.29) is 11.3 Å². The summed E-state index contributed by atoms with van der Waals surface area (Å²) in [4.78, 5) is 14.5. The molecule has 1 aromatic rings. The lowest BCUT2D eigenvalue weighted by Crippen LogP contribution is -2.54. The quantitative estimate of drug-likeness (QED) is 0.155. The number of hydrogen-bond donors (Lipinski definition) is 2. The van der Waals surface area contributed by atoms with Crippen molar-refractivity contribution in [1.82, 2.24) is 14.9 Å². The van der Waals surface area contributed by atoms with Gasteiger partial charge in [-0.3, -0.25) is 23.8 Å². The first-order valence-corrected chi connectivity index (χ1v) is 16.7. The fourth-order valence-corrected chi connectivity index (χ4v) is 4.75. The zero-order valence-corrected chi connectivity index (χ0v) is 29.8. The topological polar surface area (TPSA) is 70.0 Å². The SMILES string of the molecule is C/C=C(F)\C=C/C(CC)CNC.C=C(/C=C\SCC)CN1CN(CCCOCC)C(O)c2c(C)c(=O)c(C)cn21.CC.CF. The first-order valence-electron chi connectivity index (χ1n) is 15.6. The number of nitrogens with zero attached hydrogens (tertiary/aromatic N) is 3. The number of alkyl halides is 1. The Morgan fingerprint density at radius 1 is 1.25 bits per heavy atom. The van der Waals surface area contributed by atoms with E-state index in [1.54, 1.807) is 25.6 Å².